The van der Waals surface area contributed by atoms with E-state index in [1.165, 1.54) is 0 Å². The number of piperidine rings is 1. The number of para-hydroxylation sites is 2. The van der Waals surface area contributed by atoms with Gasteiger partial charge in [-0.25, -0.2) is 9.59 Å². The van der Waals surface area contributed by atoms with Crippen LogP contribution in [-0.2, 0) is 4.74 Å². The number of imidazole rings is 1. The molecule has 2 heterocycles. The summed E-state index contributed by atoms with van der Waals surface area (Å²) in [7, 11) is 0. The molecule has 1 aliphatic rings. The van der Waals surface area contributed by atoms with Crippen molar-refractivity contribution in [3.05, 3.63) is 34.7 Å². The number of ether oxygens (including phenoxy) is 1. The Bertz CT molecular complexity index is 711. The highest BCUT2D eigenvalue weighted by Gasteiger charge is 2.24. The van der Waals surface area contributed by atoms with Crippen molar-refractivity contribution in [1.82, 2.24) is 14.5 Å². The molecule has 6 nitrogen and oxygen atoms in total. The maximum Gasteiger partial charge on any atom is 0.422 e. The first kappa shape index (κ1) is 13.9. The van der Waals surface area contributed by atoms with E-state index in [4.69, 9.17) is 4.74 Å². The maximum atomic E-state index is 12.7. The van der Waals surface area contributed by atoms with Crippen LogP contribution < -0.4 is 11.0 Å². The zero-order valence-electron chi connectivity index (χ0n) is 12.0. The Kier molecular flexibility index (Phi) is 3.79. The van der Waals surface area contributed by atoms with Crippen LogP contribution in [0.25, 0.3) is 11.0 Å². The summed E-state index contributed by atoms with van der Waals surface area (Å²) in [5.41, 5.74) is 1.10. The normalized spacial score (nSPS) is 16.2. The number of carbonyl (C=O) groups is 1. The van der Waals surface area contributed by atoms with Gasteiger partial charge in [0.2, 0.25) is 0 Å². The van der Waals surface area contributed by atoms with Gasteiger partial charge in [-0.2, -0.15) is 4.57 Å². The summed E-state index contributed by atoms with van der Waals surface area (Å²) in [5, 5.41) is 3.29. The Morgan fingerprint density at radius 2 is 1.95 bits per heavy atom. The standard InChI is InChI=1S/C15H19N3O3/c1-2-21-15(20)18-13-6-4-3-5-12(13)17(14(18)19)11-7-9-16-10-8-11/h3-6,11,16H,2,7-10H2,1H3. The monoisotopic (exact) mass is 289 g/mol. The predicted molar refractivity (Wildman–Crippen MR) is 79.8 cm³/mol. The van der Waals surface area contributed by atoms with E-state index < -0.39 is 6.09 Å². The summed E-state index contributed by atoms with van der Waals surface area (Å²) >= 11 is 0. The topological polar surface area (TPSA) is 65.3 Å². The Morgan fingerprint density at radius 1 is 1.29 bits per heavy atom. The van der Waals surface area contributed by atoms with Crippen LogP contribution in [0.3, 0.4) is 0 Å². The number of nitrogens with one attached hydrogen (secondary N) is 1. The number of carbonyl (C=O) groups excluding carboxylic acids is 1. The molecule has 21 heavy (non-hydrogen) atoms. The molecular formula is C15H19N3O3. The Balaban J connectivity index is 2.18. The van der Waals surface area contributed by atoms with E-state index in [0.717, 1.165) is 36.0 Å². The number of aromatic nitrogens is 2. The van der Waals surface area contributed by atoms with Crippen LogP contribution in [0, 0.1) is 0 Å². The fourth-order valence-corrected chi connectivity index (χ4v) is 2.95. The van der Waals surface area contributed by atoms with Crippen molar-refractivity contribution in [2.45, 2.75) is 25.8 Å². The van der Waals surface area contributed by atoms with Crippen LogP contribution in [0.15, 0.2) is 29.1 Å². The molecule has 0 atom stereocenters. The summed E-state index contributed by atoms with van der Waals surface area (Å²) in [6.45, 7) is 3.75. The van der Waals surface area contributed by atoms with Gasteiger partial charge in [0.05, 0.1) is 17.6 Å². The highest BCUT2D eigenvalue weighted by molar-refractivity contribution is 5.86. The van der Waals surface area contributed by atoms with Gasteiger partial charge >= 0.3 is 11.8 Å². The number of hydrogen-bond acceptors (Lipinski definition) is 4. The fraction of sp³-hybridized carbons (Fsp3) is 0.467. The fourth-order valence-electron chi connectivity index (χ4n) is 2.95. The van der Waals surface area contributed by atoms with Crippen molar-refractivity contribution < 1.29 is 9.53 Å². The molecule has 1 saturated heterocycles. The number of nitrogens with zero attached hydrogens (tertiary/aromatic N) is 2. The molecule has 0 spiro atoms. The second-order valence-electron chi connectivity index (χ2n) is 5.16. The number of fused-ring (bicyclic) bond motifs is 1. The first-order valence-corrected chi connectivity index (χ1v) is 7.34. The smallest absolute Gasteiger partial charge is 0.422 e. The Hall–Kier alpha value is -2.08. The molecular weight excluding hydrogens is 270 g/mol. The van der Waals surface area contributed by atoms with E-state index in [1.807, 2.05) is 18.2 Å². The molecule has 0 aliphatic carbocycles. The van der Waals surface area contributed by atoms with Gasteiger partial charge in [-0.3, -0.25) is 4.57 Å². The quantitative estimate of drug-likeness (QED) is 0.914. The molecule has 1 aromatic carbocycles. The minimum absolute atomic E-state index is 0.124. The molecule has 0 unspecified atom stereocenters. The molecule has 3 rings (SSSR count). The van der Waals surface area contributed by atoms with Gasteiger partial charge in [-0.15, -0.1) is 0 Å². The highest BCUT2D eigenvalue weighted by Crippen LogP contribution is 2.23. The lowest BCUT2D eigenvalue weighted by atomic mass is 10.1. The van der Waals surface area contributed by atoms with E-state index in [-0.39, 0.29) is 18.3 Å². The lowest BCUT2D eigenvalue weighted by molar-refractivity contribution is 0.153. The summed E-state index contributed by atoms with van der Waals surface area (Å²) in [6.07, 6.45) is 1.17. The van der Waals surface area contributed by atoms with Gasteiger partial charge < -0.3 is 10.1 Å². The molecule has 1 N–H and O–H groups in total. The third-order valence-electron chi connectivity index (χ3n) is 3.90. The van der Waals surface area contributed by atoms with Crippen LogP contribution in [0.4, 0.5) is 4.79 Å². The number of hydrogen-bond donors (Lipinski definition) is 1. The van der Waals surface area contributed by atoms with Gasteiger partial charge in [-0.1, -0.05) is 12.1 Å². The van der Waals surface area contributed by atoms with Crippen LogP contribution >= 0.6 is 0 Å². The van der Waals surface area contributed by atoms with Crippen LogP contribution in [0.1, 0.15) is 25.8 Å². The largest absolute Gasteiger partial charge is 0.449 e. The summed E-state index contributed by atoms with van der Waals surface area (Å²) in [6, 6.07) is 7.50. The van der Waals surface area contributed by atoms with Crippen molar-refractivity contribution >= 4 is 17.1 Å². The van der Waals surface area contributed by atoms with Gasteiger partial charge in [-0.05, 0) is 45.0 Å². The molecule has 112 valence electrons. The van der Waals surface area contributed by atoms with Crippen molar-refractivity contribution in [3.8, 4) is 0 Å². The third-order valence-corrected chi connectivity index (χ3v) is 3.90. The van der Waals surface area contributed by atoms with Gasteiger partial charge in [0.1, 0.15) is 0 Å². The minimum atomic E-state index is -0.605. The summed E-state index contributed by atoms with van der Waals surface area (Å²) in [4.78, 5) is 24.8. The first-order chi connectivity index (χ1) is 10.2. The molecule has 1 aromatic heterocycles. The lowest BCUT2D eigenvalue weighted by Gasteiger charge is -2.23. The Morgan fingerprint density at radius 3 is 2.62 bits per heavy atom. The number of rotatable bonds is 2. The van der Waals surface area contributed by atoms with Crippen LogP contribution in [-0.4, -0.2) is 34.9 Å². The average molecular weight is 289 g/mol. The molecule has 0 bridgehead atoms. The van der Waals surface area contributed by atoms with Crippen molar-refractivity contribution in [2.75, 3.05) is 19.7 Å². The zero-order chi connectivity index (χ0) is 14.8. The summed E-state index contributed by atoms with van der Waals surface area (Å²) < 4.78 is 7.90. The molecule has 0 amide bonds. The second-order valence-corrected chi connectivity index (χ2v) is 5.16. The average Bonchev–Trinajstić information content (AvgIpc) is 2.80. The Labute approximate surface area is 122 Å². The number of benzene rings is 1. The zero-order valence-corrected chi connectivity index (χ0v) is 12.0. The van der Waals surface area contributed by atoms with Crippen molar-refractivity contribution in [1.29, 1.82) is 0 Å². The van der Waals surface area contributed by atoms with E-state index in [2.05, 4.69) is 5.32 Å². The molecule has 6 heteroatoms. The van der Waals surface area contributed by atoms with Crippen molar-refractivity contribution in [3.63, 3.8) is 0 Å². The summed E-state index contributed by atoms with van der Waals surface area (Å²) in [5.74, 6) is 0. The lowest BCUT2D eigenvalue weighted by Crippen LogP contribution is -2.36. The minimum Gasteiger partial charge on any atom is -0.449 e. The molecule has 1 aliphatic heterocycles. The molecule has 0 saturated carbocycles. The maximum absolute atomic E-state index is 12.7. The van der Waals surface area contributed by atoms with Crippen LogP contribution in [0.5, 0.6) is 0 Å². The molecule has 0 radical (unpaired) electrons. The van der Waals surface area contributed by atoms with E-state index in [9.17, 15) is 9.59 Å². The van der Waals surface area contributed by atoms with E-state index in [1.54, 1.807) is 17.6 Å². The predicted octanol–water partition coefficient (Wildman–Crippen LogP) is 1.73. The van der Waals surface area contributed by atoms with Crippen molar-refractivity contribution in [2.24, 2.45) is 0 Å². The van der Waals surface area contributed by atoms with Gasteiger partial charge in [0.15, 0.2) is 0 Å². The molecule has 2 aromatic rings. The van der Waals surface area contributed by atoms with Gasteiger partial charge in [0.25, 0.3) is 0 Å². The second kappa shape index (κ2) is 5.73. The molecule has 1 fully saturated rings. The van der Waals surface area contributed by atoms with E-state index in [0.29, 0.717) is 5.52 Å². The van der Waals surface area contributed by atoms with Gasteiger partial charge in [0, 0.05) is 6.04 Å². The van der Waals surface area contributed by atoms with Crippen LogP contribution in [0.2, 0.25) is 0 Å². The third kappa shape index (κ3) is 2.35. The first-order valence-electron chi connectivity index (χ1n) is 7.34. The highest BCUT2D eigenvalue weighted by atomic mass is 16.5. The SMILES string of the molecule is CCOC(=O)n1c(=O)n(C2CCNCC2)c2ccccc21. The van der Waals surface area contributed by atoms with E-state index >= 15 is 0 Å².